The summed E-state index contributed by atoms with van der Waals surface area (Å²) >= 11 is 0. The number of alkyl halides is 3. The summed E-state index contributed by atoms with van der Waals surface area (Å²) in [6.45, 7) is 1.64. The number of aliphatic hydroxyl groups is 1. The lowest BCUT2D eigenvalue weighted by Crippen LogP contribution is -2.16. The predicted molar refractivity (Wildman–Crippen MR) is 133 cm³/mol. The summed E-state index contributed by atoms with van der Waals surface area (Å²) in [5.41, 5.74) is 1.43. The molecule has 7 nitrogen and oxygen atoms in total. The second-order valence-corrected chi connectivity index (χ2v) is 8.63. The molecule has 5 rings (SSSR count). The first kappa shape index (κ1) is 24.3. The summed E-state index contributed by atoms with van der Waals surface area (Å²) in [5.74, 6) is -0.257. The van der Waals surface area contributed by atoms with Gasteiger partial charge in [-0.25, -0.2) is 4.98 Å². The molecule has 0 radical (unpaired) electrons. The van der Waals surface area contributed by atoms with E-state index in [-0.39, 0.29) is 16.8 Å². The van der Waals surface area contributed by atoms with E-state index in [1.165, 1.54) is 23.0 Å². The molecule has 0 aliphatic heterocycles. The molecule has 5 aromatic rings. The number of rotatable bonds is 5. The number of amides is 1. The Morgan fingerprint density at radius 2 is 1.78 bits per heavy atom. The number of halogens is 3. The smallest absolute Gasteiger partial charge is 0.389 e. The van der Waals surface area contributed by atoms with Crippen molar-refractivity contribution in [3.05, 3.63) is 95.8 Å². The summed E-state index contributed by atoms with van der Waals surface area (Å²) in [5, 5.41) is 16.9. The molecule has 1 amide bonds. The highest BCUT2D eigenvalue weighted by Crippen LogP contribution is 2.37. The van der Waals surface area contributed by atoms with Crippen LogP contribution in [0.4, 0.5) is 19.0 Å². The van der Waals surface area contributed by atoms with Crippen LogP contribution in [0.2, 0.25) is 0 Å². The average molecular weight is 506 g/mol. The first-order chi connectivity index (χ1) is 17.6. The third-order valence-electron chi connectivity index (χ3n) is 5.99. The molecule has 2 N–H and O–H groups in total. The monoisotopic (exact) mass is 505 g/mol. The van der Waals surface area contributed by atoms with Gasteiger partial charge in [0.15, 0.2) is 0 Å². The molecule has 0 spiro atoms. The number of fused-ring (bicyclic) bond motifs is 1. The number of carbonyl (C=O) groups excluding carboxylic acids is 1. The van der Waals surface area contributed by atoms with Crippen LogP contribution in [0.5, 0.6) is 0 Å². The van der Waals surface area contributed by atoms with Gasteiger partial charge < -0.3 is 10.4 Å². The van der Waals surface area contributed by atoms with Gasteiger partial charge in [0.25, 0.3) is 5.91 Å². The van der Waals surface area contributed by atoms with E-state index in [0.29, 0.717) is 22.7 Å². The summed E-state index contributed by atoms with van der Waals surface area (Å²) in [7, 11) is 1.60. The molecule has 188 valence electrons. The largest absolute Gasteiger partial charge is 0.417 e. The zero-order valence-electron chi connectivity index (χ0n) is 19.9. The van der Waals surface area contributed by atoms with Crippen molar-refractivity contribution < 1.29 is 23.1 Å². The van der Waals surface area contributed by atoms with Crippen LogP contribution in [0.15, 0.2) is 79.1 Å². The van der Waals surface area contributed by atoms with Gasteiger partial charge in [-0.2, -0.15) is 18.3 Å². The van der Waals surface area contributed by atoms with Crippen LogP contribution in [0.1, 0.15) is 34.5 Å². The van der Waals surface area contributed by atoms with E-state index < -0.39 is 23.8 Å². The number of aromatic nitrogens is 4. The normalized spacial score (nSPS) is 12.6. The number of anilines is 1. The molecule has 3 heterocycles. The highest BCUT2D eigenvalue weighted by atomic mass is 19.4. The molecule has 0 saturated heterocycles. The first-order valence-corrected chi connectivity index (χ1v) is 11.4. The quantitative estimate of drug-likeness (QED) is 0.320. The third kappa shape index (κ3) is 4.70. The maximum Gasteiger partial charge on any atom is 0.417 e. The number of benzene rings is 2. The fourth-order valence-corrected chi connectivity index (χ4v) is 4.12. The standard InChI is InChI=1S/C27H22F3N5O2/c1-16(36)18-10-13-35-23(15-18)31-24(17-6-4-3-5-7-17)25(35)32-26(37)19-8-9-21(27(28,29)30)20(14-19)22-11-12-34(2)33-22/h3-16,36H,1-2H3,(H,32,37)/t16-/m0/s1. The highest BCUT2D eigenvalue weighted by molar-refractivity contribution is 6.06. The van der Waals surface area contributed by atoms with Crippen LogP contribution in [-0.2, 0) is 13.2 Å². The number of aryl methyl sites for hydroxylation is 1. The average Bonchev–Trinajstić information content (AvgIpc) is 3.47. The molecule has 10 heteroatoms. The van der Waals surface area contributed by atoms with E-state index in [0.717, 1.165) is 17.7 Å². The second kappa shape index (κ2) is 9.21. The summed E-state index contributed by atoms with van der Waals surface area (Å²) in [6, 6.07) is 17.3. The number of imidazole rings is 1. The fraction of sp³-hybridized carbons (Fsp3) is 0.148. The van der Waals surface area contributed by atoms with Gasteiger partial charge in [0.1, 0.15) is 17.2 Å². The van der Waals surface area contributed by atoms with Crippen molar-refractivity contribution in [3.8, 4) is 22.5 Å². The molecule has 0 bridgehead atoms. The van der Waals surface area contributed by atoms with Gasteiger partial charge in [0.05, 0.1) is 17.4 Å². The molecular weight excluding hydrogens is 483 g/mol. The Labute approximate surface area is 209 Å². The maximum atomic E-state index is 13.7. The van der Waals surface area contributed by atoms with Gasteiger partial charge in [-0.3, -0.25) is 13.9 Å². The number of carbonyl (C=O) groups is 1. The Kier molecular flexibility index (Phi) is 6.04. The Morgan fingerprint density at radius 1 is 1.03 bits per heavy atom. The van der Waals surface area contributed by atoms with E-state index in [1.54, 1.807) is 36.7 Å². The number of aliphatic hydroxyl groups excluding tert-OH is 1. The van der Waals surface area contributed by atoms with Gasteiger partial charge >= 0.3 is 6.18 Å². The number of hydrogen-bond acceptors (Lipinski definition) is 4. The molecule has 1 atom stereocenters. The molecule has 0 aliphatic carbocycles. The Morgan fingerprint density at radius 3 is 2.43 bits per heavy atom. The topological polar surface area (TPSA) is 84.5 Å². The lowest BCUT2D eigenvalue weighted by molar-refractivity contribution is -0.137. The minimum atomic E-state index is -4.62. The third-order valence-corrected chi connectivity index (χ3v) is 5.99. The molecule has 37 heavy (non-hydrogen) atoms. The molecule has 3 aromatic heterocycles. The zero-order chi connectivity index (χ0) is 26.3. The van der Waals surface area contributed by atoms with Crippen LogP contribution < -0.4 is 5.32 Å². The predicted octanol–water partition coefficient (Wildman–Crippen LogP) is 5.73. The van der Waals surface area contributed by atoms with Crippen molar-refractivity contribution >= 4 is 17.4 Å². The first-order valence-electron chi connectivity index (χ1n) is 11.4. The minimum absolute atomic E-state index is 0.0308. The van der Waals surface area contributed by atoms with E-state index in [9.17, 15) is 23.1 Å². The number of nitrogens with one attached hydrogen (secondary N) is 1. The van der Waals surface area contributed by atoms with Crippen molar-refractivity contribution in [2.24, 2.45) is 7.05 Å². The van der Waals surface area contributed by atoms with Crippen molar-refractivity contribution in [3.63, 3.8) is 0 Å². The second-order valence-electron chi connectivity index (χ2n) is 8.63. The van der Waals surface area contributed by atoms with Crippen molar-refractivity contribution in [1.29, 1.82) is 0 Å². The van der Waals surface area contributed by atoms with E-state index in [1.807, 2.05) is 30.3 Å². The van der Waals surface area contributed by atoms with Crippen molar-refractivity contribution in [1.82, 2.24) is 19.2 Å². The lowest BCUT2D eigenvalue weighted by Gasteiger charge is -2.14. The van der Waals surface area contributed by atoms with Crippen molar-refractivity contribution in [2.75, 3.05) is 5.32 Å². The van der Waals surface area contributed by atoms with E-state index >= 15 is 0 Å². The number of nitrogens with zero attached hydrogens (tertiary/aromatic N) is 4. The molecule has 0 saturated carbocycles. The lowest BCUT2D eigenvalue weighted by atomic mass is 10.0. The van der Waals surface area contributed by atoms with Crippen LogP contribution in [0.25, 0.3) is 28.2 Å². The molecule has 0 aliphatic rings. The number of pyridine rings is 1. The van der Waals surface area contributed by atoms with Gasteiger partial charge in [-0.1, -0.05) is 30.3 Å². The Bertz CT molecular complexity index is 1600. The van der Waals surface area contributed by atoms with Gasteiger partial charge in [-0.15, -0.1) is 0 Å². The van der Waals surface area contributed by atoms with Crippen LogP contribution in [0, 0.1) is 0 Å². The summed E-state index contributed by atoms with van der Waals surface area (Å²) < 4.78 is 44.2. The van der Waals surface area contributed by atoms with Gasteiger partial charge in [-0.05, 0) is 48.9 Å². The fourth-order valence-electron chi connectivity index (χ4n) is 4.12. The maximum absolute atomic E-state index is 13.7. The Hall–Kier alpha value is -4.44. The Balaban J connectivity index is 1.60. The highest BCUT2D eigenvalue weighted by Gasteiger charge is 2.34. The van der Waals surface area contributed by atoms with Crippen molar-refractivity contribution in [2.45, 2.75) is 19.2 Å². The summed E-state index contributed by atoms with van der Waals surface area (Å²) in [4.78, 5) is 18.0. The zero-order valence-corrected chi connectivity index (χ0v) is 19.9. The van der Waals surface area contributed by atoms with E-state index in [2.05, 4.69) is 15.4 Å². The SMILES string of the molecule is C[C@H](O)c1ccn2c(NC(=O)c3ccc(C(F)(F)F)c(-c4ccn(C)n4)c3)c(-c3ccccc3)nc2c1. The molecule has 0 unspecified atom stereocenters. The molecule has 0 fully saturated rings. The van der Waals surface area contributed by atoms with Gasteiger partial charge in [0.2, 0.25) is 0 Å². The summed E-state index contributed by atoms with van der Waals surface area (Å²) in [6.07, 6.45) is -2.12. The van der Waals surface area contributed by atoms with Crippen LogP contribution >= 0.6 is 0 Å². The van der Waals surface area contributed by atoms with Crippen LogP contribution in [-0.4, -0.2) is 30.2 Å². The van der Waals surface area contributed by atoms with Crippen LogP contribution in [0.3, 0.4) is 0 Å². The minimum Gasteiger partial charge on any atom is -0.389 e. The van der Waals surface area contributed by atoms with Gasteiger partial charge in [0, 0.05) is 36.1 Å². The molecular formula is C27H22F3N5O2. The number of hydrogen-bond donors (Lipinski definition) is 2. The van der Waals surface area contributed by atoms with E-state index in [4.69, 9.17) is 0 Å². The molecule has 2 aromatic carbocycles.